The molecule has 131 valence electrons. The van der Waals surface area contributed by atoms with E-state index in [0.29, 0.717) is 11.4 Å². The number of ketones is 1. The van der Waals surface area contributed by atoms with Gasteiger partial charge in [-0.1, -0.05) is 20.8 Å². The van der Waals surface area contributed by atoms with Crippen molar-refractivity contribution in [2.24, 2.45) is 0 Å². The van der Waals surface area contributed by atoms with E-state index in [4.69, 9.17) is 9.16 Å². The van der Waals surface area contributed by atoms with Crippen LogP contribution in [0.1, 0.15) is 44.5 Å². The Labute approximate surface area is 144 Å². The molecule has 0 saturated carbocycles. The van der Waals surface area contributed by atoms with Crippen molar-refractivity contribution in [3.63, 3.8) is 0 Å². The van der Waals surface area contributed by atoms with Gasteiger partial charge in [0.05, 0.1) is 24.8 Å². The Hall–Kier alpha value is -2.15. The number of hydrogen-bond donors (Lipinski definition) is 1. The molecule has 0 fully saturated rings. The van der Waals surface area contributed by atoms with Gasteiger partial charge in [-0.3, -0.25) is 9.59 Å². The van der Waals surface area contributed by atoms with Crippen molar-refractivity contribution in [1.82, 2.24) is 0 Å². The number of anilines is 1. The van der Waals surface area contributed by atoms with Crippen LogP contribution >= 0.6 is 0 Å². The van der Waals surface area contributed by atoms with E-state index in [0.717, 1.165) is 0 Å². The van der Waals surface area contributed by atoms with Crippen LogP contribution in [0, 0.1) is 0 Å². The lowest BCUT2D eigenvalue weighted by atomic mass is 10.1. The van der Waals surface area contributed by atoms with E-state index in [-0.39, 0.29) is 22.8 Å². The normalized spacial score (nSPS) is 11.1. The molecular formula is C17H24NO5Si. The van der Waals surface area contributed by atoms with E-state index in [2.05, 4.69) is 26.1 Å². The topological polar surface area (TPSA) is 81.7 Å². The minimum atomic E-state index is -1.14. The average molecular weight is 350 g/mol. The molecule has 0 aliphatic heterocycles. The number of esters is 1. The number of hydrogen-bond acceptors (Lipinski definition) is 5. The van der Waals surface area contributed by atoms with Gasteiger partial charge in [0.25, 0.3) is 9.04 Å². The van der Waals surface area contributed by atoms with Gasteiger partial charge in [-0.05, 0) is 36.7 Å². The molecule has 0 bridgehead atoms. The molecule has 1 amide bonds. The smallest absolute Gasteiger partial charge is 0.340 e. The summed E-state index contributed by atoms with van der Waals surface area (Å²) in [6, 6.07) is 4.82. The van der Waals surface area contributed by atoms with Gasteiger partial charge in [0.15, 0.2) is 0 Å². The standard InChI is InChI=1S/C17H24NO5Si/c1-11(19)9-15(20)18-14-8-7-12(10-13(14)16(21)22-5)23-24(6)17(2,3)4/h7-8,10H,9H2,1-6H3,(H,18,20). The van der Waals surface area contributed by atoms with Crippen LogP contribution in [0.3, 0.4) is 0 Å². The van der Waals surface area contributed by atoms with Gasteiger partial charge in [0, 0.05) is 0 Å². The minimum absolute atomic E-state index is 0.0322. The van der Waals surface area contributed by atoms with Crippen LogP contribution in [0.5, 0.6) is 5.75 Å². The number of carbonyl (C=O) groups excluding carboxylic acids is 3. The highest BCUT2D eigenvalue weighted by atomic mass is 28.3. The van der Waals surface area contributed by atoms with Crippen LogP contribution < -0.4 is 9.74 Å². The van der Waals surface area contributed by atoms with Crippen molar-refractivity contribution in [2.75, 3.05) is 12.4 Å². The second kappa shape index (κ2) is 8.10. The molecule has 1 N–H and O–H groups in total. The predicted molar refractivity (Wildman–Crippen MR) is 93.7 cm³/mol. The zero-order valence-corrected chi connectivity index (χ0v) is 16.0. The lowest BCUT2D eigenvalue weighted by Gasteiger charge is -2.25. The van der Waals surface area contributed by atoms with Crippen LogP contribution in [0.25, 0.3) is 0 Å². The van der Waals surface area contributed by atoms with Crippen molar-refractivity contribution in [3.05, 3.63) is 23.8 Å². The monoisotopic (exact) mass is 350 g/mol. The van der Waals surface area contributed by atoms with Gasteiger partial charge in [-0.25, -0.2) is 4.79 Å². The molecule has 1 aromatic carbocycles. The number of benzene rings is 1. The molecule has 0 aliphatic rings. The third-order valence-corrected chi connectivity index (χ3v) is 6.06. The summed E-state index contributed by atoms with van der Waals surface area (Å²) in [7, 11) is 0.124. The van der Waals surface area contributed by atoms with Gasteiger partial charge in [-0.2, -0.15) is 0 Å². The van der Waals surface area contributed by atoms with Gasteiger partial charge >= 0.3 is 5.97 Å². The quantitative estimate of drug-likeness (QED) is 0.484. The maximum atomic E-state index is 12.0. The Bertz CT molecular complexity index is 636. The van der Waals surface area contributed by atoms with Crippen molar-refractivity contribution < 1.29 is 23.5 Å². The Morgan fingerprint density at radius 3 is 2.33 bits per heavy atom. The Kier molecular flexibility index (Phi) is 6.71. The molecule has 1 aromatic rings. The van der Waals surface area contributed by atoms with E-state index < -0.39 is 20.9 Å². The number of nitrogens with one attached hydrogen (secondary N) is 1. The van der Waals surface area contributed by atoms with Crippen LogP contribution in [0.4, 0.5) is 5.69 Å². The fraction of sp³-hybridized carbons (Fsp3) is 0.471. The first kappa shape index (κ1) is 19.9. The molecule has 1 rings (SSSR count). The van der Waals surface area contributed by atoms with E-state index >= 15 is 0 Å². The first-order valence-electron chi connectivity index (χ1n) is 7.58. The number of methoxy groups -OCH3 is 1. The fourth-order valence-corrected chi connectivity index (χ4v) is 2.51. The number of carbonyl (C=O) groups is 3. The highest BCUT2D eigenvalue weighted by Gasteiger charge is 2.26. The fourth-order valence-electron chi connectivity index (χ4n) is 1.73. The predicted octanol–water partition coefficient (Wildman–Crippen LogP) is 3.19. The highest BCUT2D eigenvalue weighted by molar-refractivity contribution is 6.54. The lowest BCUT2D eigenvalue weighted by Crippen LogP contribution is -2.29. The molecule has 0 saturated heterocycles. The zero-order chi connectivity index (χ0) is 18.5. The summed E-state index contributed by atoms with van der Waals surface area (Å²) in [4.78, 5) is 34.8. The molecule has 0 aliphatic carbocycles. The first-order chi connectivity index (χ1) is 11.0. The molecule has 6 nitrogen and oxygen atoms in total. The van der Waals surface area contributed by atoms with Gasteiger partial charge in [-0.15, -0.1) is 0 Å². The molecule has 7 heteroatoms. The van der Waals surface area contributed by atoms with Crippen LogP contribution in [-0.2, 0) is 14.3 Å². The molecule has 1 radical (unpaired) electrons. The molecule has 24 heavy (non-hydrogen) atoms. The number of ether oxygens (including phenoxy) is 1. The summed E-state index contributed by atoms with van der Waals surface area (Å²) >= 11 is 0. The molecule has 0 aromatic heterocycles. The summed E-state index contributed by atoms with van der Waals surface area (Å²) in [5.41, 5.74) is 0.483. The number of rotatable bonds is 6. The van der Waals surface area contributed by atoms with Gasteiger partial charge in [0.1, 0.15) is 11.5 Å². The summed E-state index contributed by atoms with van der Waals surface area (Å²) in [6.45, 7) is 9.66. The van der Waals surface area contributed by atoms with E-state index in [1.54, 1.807) is 18.2 Å². The Balaban J connectivity index is 3.07. The number of Topliss-reactive ketones (excluding diaryl/α,β-unsaturated/α-hetero) is 1. The summed E-state index contributed by atoms with van der Waals surface area (Å²) in [6.07, 6.45) is -0.245. The van der Waals surface area contributed by atoms with Crippen molar-refractivity contribution >= 4 is 32.4 Å². The first-order valence-corrected chi connectivity index (χ1v) is 9.49. The van der Waals surface area contributed by atoms with E-state index in [1.807, 2.05) is 6.55 Å². The SMILES string of the molecule is COC(=O)c1cc(O[Si](C)C(C)(C)C)ccc1NC(=O)CC(C)=O. The lowest BCUT2D eigenvalue weighted by molar-refractivity contribution is -0.124. The van der Waals surface area contributed by atoms with Crippen molar-refractivity contribution in [3.8, 4) is 5.75 Å². The summed E-state index contributed by atoms with van der Waals surface area (Å²) in [5, 5.41) is 2.59. The molecule has 0 atom stereocenters. The number of amides is 1. The Morgan fingerprint density at radius 2 is 1.83 bits per heavy atom. The maximum absolute atomic E-state index is 12.0. The Morgan fingerprint density at radius 1 is 1.21 bits per heavy atom. The average Bonchev–Trinajstić information content (AvgIpc) is 2.46. The van der Waals surface area contributed by atoms with E-state index in [9.17, 15) is 14.4 Å². The van der Waals surface area contributed by atoms with Crippen molar-refractivity contribution in [1.29, 1.82) is 0 Å². The largest absolute Gasteiger partial charge is 0.542 e. The third kappa shape index (κ3) is 5.81. The van der Waals surface area contributed by atoms with Gasteiger partial charge < -0.3 is 14.5 Å². The van der Waals surface area contributed by atoms with Crippen LogP contribution in [-0.4, -0.2) is 33.8 Å². The second-order valence-corrected chi connectivity index (χ2v) is 9.35. The molecule has 0 heterocycles. The van der Waals surface area contributed by atoms with Crippen molar-refractivity contribution in [2.45, 2.75) is 45.7 Å². The highest BCUT2D eigenvalue weighted by Crippen LogP contribution is 2.30. The zero-order valence-electron chi connectivity index (χ0n) is 15.0. The van der Waals surface area contributed by atoms with Crippen LogP contribution in [0.2, 0.25) is 11.6 Å². The molecule has 0 unspecified atom stereocenters. The minimum Gasteiger partial charge on any atom is -0.542 e. The molecule has 0 spiro atoms. The van der Waals surface area contributed by atoms with Crippen LogP contribution in [0.15, 0.2) is 18.2 Å². The summed E-state index contributed by atoms with van der Waals surface area (Å²) < 4.78 is 10.7. The summed E-state index contributed by atoms with van der Waals surface area (Å²) in [5.74, 6) is -0.766. The third-order valence-electron chi connectivity index (χ3n) is 3.41. The second-order valence-electron chi connectivity index (χ2n) is 6.53. The maximum Gasteiger partial charge on any atom is 0.340 e. The molecular weight excluding hydrogens is 326 g/mol. The van der Waals surface area contributed by atoms with Gasteiger partial charge in [0.2, 0.25) is 5.91 Å². The van der Waals surface area contributed by atoms with E-state index in [1.165, 1.54) is 14.0 Å².